The van der Waals surface area contributed by atoms with E-state index in [-0.39, 0.29) is 43.8 Å². The van der Waals surface area contributed by atoms with Crippen LogP contribution in [0.2, 0.25) is 0 Å². The SMILES string of the molecule is CCOC(=O)CCNC(=O)C(c1c(C)cccc1C)N(C(=O)C(Cc1ccccc1)NC(=O)OC(C)(C)C)C1CCC1. The fraction of sp³-hybridized carbons (Fsp3) is 0.515. The van der Waals surface area contributed by atoms with Gasteiger partial charge >= 0.3 is 12.1 Å². The lowest BCUT2D eigenvalue weighted by Crippen LogP contribution is -2.58. The molecule has 0 saturated heterocycles. The van der Waals surface area contributed by atoms with Crippen LogP contribution in [0.15, 0.2) is 48.5 Å². The molecule has 0 spiro atoms. The average molecular weight is 580 g/mol. The molecule has 0 aliphatic heterocycles. The highest BCUT2D eigenvalue weighted by Crippen LogP contribution is 2.36. The van der Waals surface area contributed by atoms with Crippen molar-refractivity contribution >= 4 is 23.9 Å². The molecule has 2 aromatic carbocycles. The smallest absolute Gasteiger partial charge is 0.408 e. The van der Waals surface area contributed by atoms with Crippen LogP contribution in [0.5, 0.6) is 0 Å². The molecule has 9 heteroatoms. The number of rotatable bonds is 12. The molecule has 3 amide bonds. The third-order valence-electron chi connectivity index (χ3n) is 7.27. The topological polar surface area (TPSA) is 114 Å². The second-order valence-corrected chi connectivity index (χ2v) is 11.8. The van der Waals surface area contributed by atoms with Gasteiger partial charge in [0.05, 0.1) is 13.0 Å². The van der Waals surface area contributed by atoms with E-state index in [2.05, 4.69) is 10.6 Å². The van der Waals surface area contributed by atoms with E-state index in [4.69, 9.17) is 9.47 Å². The maximum absolute atomic E-state index is 14.6. The number of aryl methyl sites for hydroxylation is 2. The van der Waals surface area contributed by atoms with Crippen molar-refractivity contribution < 1.29 is 28.7 Å². The Balaban J connectivity index is 2.03. The highest BCUT2D eigenvalue weighted by atomic mass is 16.6. The molecular formula is C33H45N3O6. The number of hydrogen-bond acceptors (Lipinski definition) is 6. The van der Waals surface area contributed by atoms with Gasteiger partial charge in [0, 0.05) is 19.0 Å². The lowest BCUT2D eigenvalue weighted by Gasteiger charge is -2.44. The summed E-state index contributed by atoms with van der Waals surface area (Å²) in [5.41, 5.74) is 2.59. The number of nitrogens with one attached hydrogen (secondary N) is 2. The first-order valence-corrected chi connectivity index (χ1v) is 14.8. The first kappa shape index (κ1) is 32.6. The van der Waals surface area contributed by atoms with Gasteiger partial charge in [0.25, 0.3) is 0 Å². The Morgan fingerprint density at radius 3 is 2.17 bits per heavy atom. The Labute approximate surface area is 249 Å². The average Bonchev–Trinajstić information content (AvgIpc) is 2.87. The van der Waals surface area contributed by atoms with Gasteiger partial charge in [-0.25, -0.2) is 4.79 Å². The van der Waals surface area contributed by atoms with Crippen molar-refractivity contribution in [2.75, 3.05) is 13.2 Å². The molecule has 42 heavy (non-hydrogen) atoms. The van der Waals surface area contributed by atoms with Crippen molar-refractivity contribution in [1.29, 1.82) is 0 Å². The van der Waals surface area contributed by atoms with Gasteiger partial charge in [-0.2, -0.15) is 0 Å². The molecule has 0 radical (unpaired) electrons. The van der Waals surface area contributed by atoms with Crippen LogP contribution in [0.4, 0.5) is 4.79 Å². The third-order valence-corrected chi connectivity index (χ3v) is 7.27. The minimum absolute atomic E-state index is 0.0211. The number of alkyl carbamates (subject to hydrolysis) is 1. The fourth-order valence-electron chi connectivity index (χ4n) is 5.14. The maximum atomic E-state index is 14.6. The summed E-state index contributed by atoms with van der Waals surface area (Å²) in [6, 6.07) is 13.1. The van der Waals surface area contributed by atoms with Gasteiger partial charge in [-0.3, -0.25) is 14.4 Å². The van der Waals surface area contributed by atoms with Crippen LogP contribution >= 0.6 is 0 Å². The molecule has 228 valence electrons. The van der Waals surface area contributed by atoms with E-state index in [1.54, 1.807) is 32.6 Å². The Hall–Kier alpha value is -3.88. The van der Waals surface area contributed by atoms with Crippen LogP contribution in [0.3, 0.4) is 0 Å². The van der Waals surface area contributed by atoms with Crippen LogP contribution in [-0.4, -0.2) is 59.6 Å². The zero-order valence-electron chi connectivity index (χ0n) is 25.7. The number of benzene rings is 2. The number of carbonyl (C=O) groups excluding carboxylic acids is 4. The second-order valence-electron chi connectivity index (χ2n) is 11.8. The standard InChI is InChI=1S/C33H45N3O6/c1-7-41-27(37)19-20-34-30(38)29(28-22(2)13-11-14-23(28)3)36(25-17-12-18-25)31(39)26(21-24-15-9-8-10-16-24)35-32(40)42-33(4,5)6/h8-11,13-16,25-26,29H,7,12,17-21H2,1-6H3,(H,34,38)(H,35,40). The zero-order valence-corrected chi connectivity index (χ0v) is 25.7. The van der Waals surface area contributed by atoms with E-state index in [0.717, 1.165) is 41.5 Å². The van der Waals surface area contributed by atoms with Crippen molar-refractivity contribution in [2.24, 2.45) is 0 Å². The lowest BCUT2D eigenvalue weighted by atomic mass is 9.86. The highest BCUT2D eigenvalue weighted by molar-refractivity contribution is 5.93. The predicted octanol–water partition coefficient (Wildman–Crippen LogP) is 4.93. The van der Waals surface area contributed by atoms with Crippen LogP contribution in [0.1, 0.15) is 81.7 Å². The molecule has 0 bridgehead atoms. The number of amides is 3. The highest BCUT2D eigenvalue weighted by Gasteiger charge is 2.43. The molecule has 0 heterocycles. The van der Waals surface area contributed by atoms with Gasteiger partial charge in [-0.1, -0.05) is 48.5 Å². The number of nitrogens with zero attached hydrogens (tertiary/aromatic N) is 1. The van der Waals surface area contributed by atoms with E-state index >= 15 is 0 Å². The summed E-state index contributed by atoms with van der Waals surface area (Å²) in [5, 5.41) is 5.68. The minimum Gasteiger partial charge on any atom is -0.466 e. The normalized spacial score (nSPS) is 14.6. The maximum Gasteiger partial charge on any atom is 0.408 e. The number of ether oxygens (including phenoxy) is 2. The van der Waals surface area contributed by atoms with Crippen LogP contribution in [0, 0.1) is 13.8 Å². The number of hydrogen-bond donors (Lipinski definition) is 2. The molecule has 1 fully saturated rings. The molecule has 2 aromatic rings. The van der Waals surface area contributed by atoms with Crippen LogP contribution in [-0.2, 0) is 30.3 Å². The predicted molar refractivity (Wildman–Crippen MR) is 161 cm³/mol. The molecular weight excluding hydrogens is 534 g/mol. The zero-order chi connectivity index (χ0) is 30.9. The summed E-state index contributed by atoms with van der Waals surface area (Å²) in [7, 11) is 0. The first-order valence-electron chi connectivity index (χ1n) is 14.8. The van der Waals surface area contributed by atoms with Crippen molar-refractivity contribution in [3.8, 4) is 0 Å². The van der Waals surface area contributed by atoms with E-state index in [9.17, 15) is 19.2 Å². The third kappa shape index (κ3) is 9.06. The van der Waals surface area contributed by atoms with Crippen molar-refractivity contribution in [3.63, 3.8) is 0 Å². The van der Waals surface area contributed by atoms with Gasteiger partial charge < -0.3 is 25.0 Å². The fourth-order valence-corrected chi connectivity index (χ4v) is 5.14. The Morgan fingerprint density at radius 2 is 1.62 bits per heavy atom. The summed E-state index contributed by atoms with van der Waals surface area (Å²) in [6.45, 7) is 11.2. The number of esters is 1. The van der Waals surface area contributed by atoms with Gasteiger partial charge in [0.1, 0.15) is 17.7 Å². The summed E-state index contributed by atoms with van der Waals surface area (Å²) in [5.74, 6) is -1.15. The van der Waals surface area contributed by atoms with Gasteiger partial charge in [-0.05, 0) is 83.1 Å². The Morgan fingerprint density at radius 1 is 0.976 bits per heavy atom. The van der Waals surface area contributed by atoms with Gasteiger partial charge in [0.2, 0.25) is 11.8 Å². The van der Waals surface area contributed by atoms with Crippen molar-refractivity contribution in [1.82, 2.24) is 15.5 Å². The molecule has 0 aromatic heterocycles. The first-order chi connectivity index (χ1) is 19.9. The minimum atomic E-state index is -0.970. The number of carbonyl (C=O) groups is 4. The molecule has 3 rings (SSSR count). The second kappa shape index (κ2) is 14.8. The molecule has 2 N–H and O–H groups in total. The summed E-state index contributed by atoms with van der Waals surface area (Å²) in [6.07, 6.45) is 1.97. The quantitative estimate of drug-likeness (QED) is 0.345. The molecule has 2 unspecified atom stereocenters. The monoisotopic (exact) mass is 579 g/mol. The summed E-state index contributed by atoms with van der Waals surface area (Å²) in [4.78, 5) is 55.2. The van der Waals surface area contributed by atoms with E-state index < -0.39 is 29.7 Å². The van der Waals surface area contributed by atoms with Gasteiger partial charge in [-0.15, -0.1) is 0 Å². The van der Waals surface area contributed by atoms with Crippen LogP contribution in [0.25, 0.3) is 0 Å². The van der Waals surface area contributed by atoms with E-state index in [0.29, 0.717) is 0 Å². The molecule has 1 saturated carbocycles. The Bertz CT molecular complexity index is 1220. The lowest BCUT2D eigenvalue weighted by molar-refractivity contribution is -0.148. The largest absolute Gasteiger partial charge is 0.466 e. The van der Waals surface area contributed by atoms with Crippen molar-refractivity contribution in [3.05, 3.63) is 70.8 Å². The van der Waals surface area contributed by atoms with E-state index in [1.165, 1.54) is 0 Å². The summed E-state index contributed by atoms with van der Waals surface area (Å²) >= 11 is 0. The molecule has 1 aliphatic rings. The molecule has 9 nitrogen and oxygen atoms in total. The summed E-state index contributed by atoms with van der Waals surface area (Å²) < 4.78 is 10.5. The van der Waals surface area contributed by atoms with Crippen LogP contribution < -0.4 is 10.6 Å². The van der Waals surface area contributed by atoms with E-state index in [1.807, 2.05) is 62.4 Å². The van der Waals surface area contributed by atoms with Crippen molar-refractivity contribution in [2.45, 2.75) is 97.4 Å². The van der Waals surface area contributed by atoms with Gasteiger partial charge in [0.15, 0.2) is 0 Å². The Kier molecular flexibility index (Phi) is 11.5. The molecule has 2 atom stereocenters. The molecule has 1 aliphatic carbocycles.